The molecular formula is C18H17Cl2FN2O2. The molecule has 1 aliphatic rings. The summed E-state index contributed by atoms with van der Waals surface area (Å²) in [6.07, 6.45) is 0. The zero-order valence-electron chi connectivity index (χ0n) is 13.6. The van der Waals surface area contributed by atoms with Gasteiger partial charge < -0.3 is 14.5 Å². The second-order valence-corrected chi connectivity index (χ2v) is 6.49. The molecule has 1 heterocycles. The monoisotopic (exact) mass is 382 g/mol. The van der Waals surface area contributed by atoms with Gasteiger partial charge in [-0.2, -0.15) is 0 Å². The molecule has 2 aromatic rings. The molecule has 0 saturated carbocycles. The highest BCUT2D eigenvalue weighted by molar-refractivity contribution is 6.43. The first-order valence-corrected chi connectivity index (χ1v) is 8.58. The van der Waals surface area contributed by atoms with Crippen molar-refractivity contribution in [2.75, 3.05) is 43.1 Å². The minimum atomic E-state index is -0.676. The highest BCUT2D eigenvalue weighted by Gasteiger charge is 2.21. The van der Waals surface area contributed by atoms with E-state index in [1.54, 1.807) is 12.1 Å². The van der Waals surface area contributed by atoms with Gasteiger partial charge in [0.25, 0.3) is 0 Å². The van der Waals surface area contributed by atoms with E-state index in [4.69, 9.17) is 23.2 Å². The molecular weight excluding hydrogens is 366 g/mol. The number of benzene rings is 2. The first kappa shape index (κ1) is 17.8. The standard InChI is InChI=1S/C18H17Cl2FN2O2/c1-25-18(24)13-6-5-12(11-15(13)21)22-7-9-23(10-8-22)16-4-2-3-14(19)17(16)20/h2-6,11H,7-10H2,1H3. The fourth-order valence-electron chi connectivity index (χ4n) is 2.92. The molecule has 0 aromatic heterocycles. The van der Waals surface area contributed by atoms with Crippen LogP contribution in [-0.2, 0) is 4.74 Å². The number of carbonyl (C=O) groups is 1. The predicted molar refractivity (Wildman–Crippen MR) is 98.6 cm³/mol. The lowest BCUT2D eigenvalue weighted by Crippen LogP contribution is -2.46. The molecule has 0 spiro atoms. The highest BCUT2D eigenvalue weighted by Crippen LogP contribution is 2.33. The van der Waals surface area contributed by atoms with Gasteiger partial charge >= 0.3 is 5.97 Å². The normalized spacial score (nSPS) is 14.6. The van der Waals surface area contributed by atoms with E-state index in [-0.39, 0.29) is 5.56 Å². The van der Waals surface area contributed by atoms with E-state index in [1.165, 1.54) is 19.2 Å². The first-order valence-electron chi connectivity index (χ1n) is 7.83. The Hall–Kier alpha value is -1.98. The Kier molecular flexibility index (Phi) is 5.35. The number of carbonyl (C=O) groups excluding carboxylic acids is 1. The SMILES string of the molecule is COC(=O)c1ccc(N2CCN(c3cccc(Cl)c3Cl)CC2)cc1F. The van der Waals surface area contributed by atoms with Gasteiger partial charge in [-0.3, -0.25) is 0 Å². The van der Waals surface area contributed by atoms with Crippen LogP contribution < -0.4 is 9.80 Å². The Bertz CT molecular complexity index is 793. The first-order chi connectivity index (χ1) is 12.0. The number of anilines is 2. The Morgan fingerprint density at radius 2 is 1.76 bits per heavy atom. The quantitative estimate of drug-likeness (QED) is 0.743. The fourth-order valence-corrected chi connectivity index (χ4v) is 3.33. The molecule has 0 bridgehead atoms. The van der Waals surface area contributed by atoms with Gasteiger partial charge in [-0.1, -0.05) is 29.3 Å². The Balaban J connectivity index is 1.71. The molecule has 0 radical (unpaired) electrons. The lowest BCUT2D eigenvalue weighted by atomic mass is 10.1. The van der Waals surface area contributed by atoms with Crippen LogP contribution in [0, 0.1) is 5.82 Å². The van der Waals surface area contributed by atoms with Crippen molar-refractivity contribution in [1.82, 2.24) is 0 Å². The summed E-state index contributed by atoms with van der Waals surface area (Å²) < 4.78 is 18.7. The van der Waals surface area contributed by atoms with Gasteiger partial charge in [-0.05, 0) is 30.3 Å². The molecule has 25 heavy (non-hydrogen) atoms. The molecule has 1 fully saturated rings. The van der Waals surface area contributed by atoms with Crippen molar-refractivity contribution in [2.45, 2.75) is 0 Å². The second kappa shape index (κ2) is 7.50. The van der Waals surface area contributed by atoms with Gasteiger partial charge in [0, 0.05) is 31.9 Å². The minimum Gasteiger partial charge on any atom is -0.465 e. The summed E-state index contributed by atoms with van der Waals surface area (Å²) in [6, 6.07) is 10.1. The number of ether oxygens (including phenoxy) is 1. The summed E-state index contributed by atoms with van der Waals surface area (Å²) in [7, 11) is 1.23. The number of piperazine rings is 1. The maximum Gasteiger partial charge on any atom is 0.340 e. The summed E-state index contributed by atoms with van der Waals surface area (Å²) in [5.74, 6) is -1.26. The van der Waals surface area contributed by atoms with Crippen molar-refractivity contribution in [1.29, 1.82) is 0 Å². The number of methoxy groups -OCH3 is 1. The highest BCUT2D eigenvalue weighted by atomic mass is 35.5. The molecule has 2 aromatic carbocycles. The van der Waals surface area contributed by atoms with E-state index in [0.29, 0.717) is 23.1 Å². The van der Waals surface area contributed by atoms with E-state index in [0.717, 1.165) is 24.5 Å². The summed E-state index contributed by atoms with van der Waals surface area (Å²) in [5, 5.41) is 1.08. The molecule has 7 heteroatoms. The van der Waals surface area contributed by atoms with Gasteiger partial charge in [-0.15, -0.1) is 0 Å². The van der Waals surface area contributed by atoms with Gasteiger partial charge in [0.05, 0.1) is 28.4 Å². The molecule has 0 atom stereocenters. The van der Waals surface area contributed by atoms with E-state index in [1.807, 2.05) is 12.1 Å². The van der Waals surface area contributed by atoms with E-state index < -0.39 is 11.8 Å². The largest absolute Gasteiger partial charge is 0.465 e. The third-order valence-corrected chi connectivity index (χ3v) is 5.08. The summed E-state index contributed by atoms with van der Waals surface area (Å²) in [5.41, 5.74) is 1.58. The molecule has 1 saturated heterocycles. The van der Waals surface area contributed by atoms with Crippen molar-refractivity contribution in [3.05, 3.63) is 57.8 Å². The minimum absolute atomic E-state index is 0.0596. The van der Waals surface area contributed by atoms with Crippen LogP contribution in [0.2, 0.25) is 10.0 Å². The zero-order valence-corrected chi connectivity index (χ0v) is 15.1. The molecule has 0 N–H and O–H groups in total. The Morgan fingerprint density at radius 1 is 1.08 bits per heavy atom. The summed E-state index contributed by atoms with van der Waals surface area (Å²) in [6.45, 7) is 2.89. The molecule has 0 amide bonds. The van der Waals surface area contributed by atoms with Gasteiger partial charge in [0.1, 0.15) is 5.82 Å². The van der Waals surface area contributed by atoms with Crippen LogP contribution in [0.5, 0.6) is 0 Å². The van der Waals surface area contributed by atoms with Gasteiger partial charge in [-0.25, -0.2) is 9.18 Å². The summed E-state index contributed by atoms with van der Waals surface area (Å²) >= 11 is 12.4. The van der Waals surface area contributed by atoms with Crippen LogP contribution in [0.3, 0.4) is 0 Å². The van der Waals surface area contributed by atoms with E-state index in [2.05, 4.69) is 14.5 Å². The maximum atomic E-state index is 14.1. The van der Waals surface area contributed by atoms with Crippen LogP contribution in [0.4, 0.5) is 15.8 Å². The smallest absolute Gasteiger partial charge is 0.340 e. The van der Waals surface area contributed by atoms with E-state index >= 15 is 0 Å². The van der Waals surface area contributed by atoms with Crippen molar-refractivity contribution in [3.8, 4) is 0 Å². The van der Waals surface area contributed by atoms with Gasteiger partial charge in [0.2, 0.25) is 0 Å². The van der Waals surface area contributed by atoms with Crippen molar-refractivity contribution >= 4 is 40.5 Å². The number of rotatable bonds is 3. The average Bonchev–Trinajstić information content (AvgIpc) is 2.63. The predicted octanol–water partition coefficient (Wildman–Crippen LogP) is 4.25. The van der Waals surface area contributed by atoms with Crippen molar-refractivity contribution in [2.24, 2.45) is 0 Å². The number of nitrogens with zero attached hydrogens (tertiary/aromatic N) is 2. The lowest BCUT2D eigenvalue weighted by Gasteiger charge is -2.37. The molecule has 1 aliphatic heterocycles. The van der Waals surface area contributed by atoms with Crippen LogP contribution in [0.1, 0.15) is 10.4 Å². The van der Waals surface area contributed by atoms with Crippen LogP contribution in [0.15, 0.2) is 36.4 Å². The van der Waals surface area contributed by atoms with E-state index in [9.17, 15) is 9.18 Å². The zero-order chi connectivity index (χ0) is 18.0. The van der Waals surface area contributed by atoms with Crippen molar-refractivity contribution in [3.63, 3.8) is 0 Å². The third kappa shape index (κ3) is 3.67. The molecule has 3 rings (SSSR count). The molecule has 132 valence electrons. The van der Waals surface area contributed by atoms with Crippen LogP contribution in [-0.4, -0.2) is 39.3 Å². The van der Waals surface area contributed by atoms with Crippen LogP contribution in [0.25, 0.3) is 0 Å². The number of hydrogen-bond acceptors (Lipinski definition) is 4. The number of esters is 1. The van der Waals surface area contributed by atoms with Crippen molar-refractivity contribution < 1.29 is 13.9 Å². The number of hydrogen-bond donors (Lipinski definition) is 0. The second-order valence-electron chi connectivity index (χ2n) is 5.70. The third-order valence-electron chi connectivity index (χ3n) is 4.27. The Morgan fingerprint density at radius 3 is 2.40 bits per heavy atom. The topological polar surface area (TPSA) is 32.8 Å². The molecule has 0 unspecified atom stereocenters. The fraction of sp³-hybridized carbons (Fsp3) is 0.278. The maximum absolute atomic E-state index is 14.1. The Labute approximate surface area is 155 Å². The summed E-state index contributed by atoms with van der Waals surface area (Å²) in [4.78, 5) is 15.7. The van der Waals surface area contributed by atoms with Gasteiger partial charge in [0.15, 0.2) is 0 Å². The number of halogens is 3. The van der Waals surface area contributed by atoms with Crippen LogP contribution >= 0.6 is 23.2 Å². The lowest BCUT2D eigenvalue weighted by molar-refractivity contribution is 0.0595. The molecule has 0 aliphatic carbocycles. The average molecular weight is 383 g/mol. The molecule has 4 nitrogen and oxygen atoms in total.